The quantitative estimate of drug-likeness (QED) is 0.934. The van der Waals surface area contributed by atoms with Gasteiger partial charge in [0.2, 0.25) is 0 Å². The van der Waals surface area contributed by atoms with Crippen LogP contribution in [0.2, 0.25) is 5.02 Å². The van der Waals surface area contributed by atoms with Crippen molar-refractivity contribution < 1.29 is 9.47 Å². The fourth-order valence-corrected chi connectivity index (χ4v) is 2.53. The number of halogens is 1. The zero-order valence-electron chi connectivity index (χ0n) is 12.3. The van der Waals surface area contributed by atoms with Crippen LogP contribution in [0.1, 0.15) is 0 Å². The van der Waals surface area contributed by atoms with Gasteiger partial charge in [0.25, 0.3) is 0 Å². The molecule has 1 aliphatic rings. The van der Waals surface area contributed by atoms with Gasteiger partial charge in [-0.05, 0) is 18.2 Å². The topological polar surface area (TPSA) is 59.5 Å². The smallest absolute Gasteiger partial charge is 0.137 e. The fourth-order valence-electron chi connectivity index (χ4n) is 2.27. The van der Waals surface area contributed by atoms with E-state index in [4.69, 9.17) is 21.1 Å². The molecule has 3 rings (SSSR count). The van der Waals surface area contributed by atoms with Crippen molar-refractivity contribution in [2.75, 3.05) is 43.6 Å². The van der Waals surface area contributed by atoms with Gasteiger partial charge in [-0.2, -0.15) is 0 Å². The summed E-state index contributed by atoms with van der Waals surface area (Å²) in [4.78, 5) is 10.7. The summed E-state index contributed by atoms with van der Waals surface area (Å²) in [7, 11) is 1.59. The zero-order chi connectivity index (χ0) is 15.4. The molecule has 1 aliphatic heterocycles. The molecule has 116 valence electrons. The van der Waals surface area contributed by atoms with Gasteiger partial charge in [0.15, 0.2) is 0 Å². The SMILES string of the molecule is COc1ccc(Nc2cc(N3CCOCC3)ncn2)cc1Cl. The number of ether oxygens (including phenoxy) is 2. The summed E-state index contributed by atoms with van der Waals surface area (Å²) in [5, 5.41) is 3.78. The lowest BCUT2D eigenvalue weighted by Gasteiger charge is -2.27. The molecule has 6 nitrogen and oxygen atoms in total. The van der Waals surface area contributed by atoms with E-state index in [2.05, 4.69) is 20.2 Å². The molecular formula is C15H17ClN4O2. The summed E-state index contributed by atoms with van der Waals surface area (Å²) in [6.45, 7) is 3.12. The second kappa shape index (κ2) is 6.81. The monoisotopic (exact) mass is 320 g/mol. The third-order valence-corrected chi connectivity index (χ3v) is 3.71. The Balaban J connectivity index is 1.76. The van der Waals surface area contributed by atoms with Gasteiger partial charge >= 0.3 is 0 Å². The Morgan fingerprint density at radius 2 is 2.05 bits per heavy atom. The van der Waals surface area contributed by atoms with Crippen LogP contribution in [0.4, 0.5) is 17.3 Å². The van der Waals surface area contributed by atoms with Crippen molar-refractivity contribution in [2.24, 2.45) is 0 Å². The number of rotatable bonds is 4. The van der Waals surface area contributed by atoms with Crippen LogP contribution in [-0.4, -0.2) is 43.4 Å². The number of morpholine rings is 1. The van der Waals surface area contributed by atoms with E-state index in [-0.39, 0.29) is 0 Å². The fraction of sp³-hybridized carbons (Fsp3) is 0.333. The van der Waals surface area contributed by atoms with Gasteiger partial charge in [0, 0.05) is 24.8 Å². The van der Waals surface area contributed by atoms with Crippen molar-refractivity contribution in [2.45, 2.75) is 0 Å². The first-order valence-electron chi connectivity index (χ1n) is 7.01. The van der Waals surface area contributed by atoms with Crippen molar-refractivity contribution in [3.63, 3.8) is 0 Å². The van der Waals surface area contributed by atoms with E-state index >= 15 is 0 Å². The second-order valence-corrected chi connectivity index (χ2v) is 5.24. The summed E-state index contributed by atoms with van der Waals surface area (Å²) < 4.78 is 10.5. The predicted molar refractivity (Wildman–Crippen MR) is 86.4 cm³/mol. The minimum Gasteiger partial charge on any atom is -0.495 e. The number of methoxy groups -OCH3 is 1. The highest BCUT2D eigenvalue weighted by atomic mass is 35.5. The van der Waals surface area contributed by atoms with E-state index in [1.165, 1.54) is 0 Å². The van der Waals surface area contributed by atoms with E-state index in [1.54, 1.807) is 19.5 Å². The van der Waals surface area contributed by atoms with Gasteiger partial charge in [-0.25, -0.2) is 9.97 Å². The third-order valence-electron chi connectivity index (χ3n) is 3.41. The average molecular weight is 321 g/mol. The highest BCUT2D eigenvalue weighted by Gasteiger charge is 2.13. The lowest BCUT2D eigenvalue weighted by Crippen LogP contribution is -2.36. The molecule has 0 atom stereocenters. The number of anilines is 3. The molecule has 7 heteroatoms. The molecule has 0 radical (unpaired) electrons. The molecule has 0 spiro atoms. The molecule has 1 fully saturated rings. The van der Waals surface area contributed by atoms with Crippen LogP contribution < -0.4 is 15.0 Å². The largest absolute Gasteiger partial charge is 0.495 e. The number of hydrogen-bond donors (Lipinski definition) is 1. The Morgan fingerprint density at radius 3 is 2.77 bits per heavy atom. The minimum atomic E-state index is 0.551. The Bertz CT molecular complexity index is 647. The lowest BCUT2D eigenvalue weighted by atomic mass is 10.3. The number of nitrogens with one attached hydrogen (secondary N) is 1. The predicted octanol–water partition coefficient (Wildman–Crippen LogP) is 2.72. The van der Waals surface area contributed by atoms with E-state index in [1.807, 2.05) is 18.2 Å². The molecule has 2 aromatic rings. The summed E-state index contributed by atoms with van der Waals surface area (Å²) >= 11 is 6.13. The molecule has 0 saturated carbocycles. The van der Waals surface area contributed by atoms with E-state index < -0.39 is 0 Å². The molecular weight excluding hydrogens is 304 g/mol. The van der Waals surface area contributed by atoms with Crippen LogP contribution in [-0.2, 0) is 4.74 Å². The van der Waals surface area contributed by atoms with Crippen LogP contribution >= 0.6 is 11.6 Å². The standard InChI is InChI=1S/C15H17ClN4O2/c1-21-13-3-2-11(8-12(13)16)19-14-9-15(18-10-17-14)20-4-6-22-7-5-20/h2-3,8-10H,4-7H2,1H3,(H,17,18,19). The maximum absolute atomic E-state index is 6.13. The molecule has 1 aromatic heterocycles. The van der Waals surface area contributed by atoms with Crippen molar-refractivity contribution in [1.82, 2.24) is 9.97 Å². The van der Waals surface area contributed by atoms with Crippen molar-refractivity contribution in [3.8, 4) is 5.75 Å². The van der Waals surface area contributed by atoms with Gasteiger partial charge in [-0.1, -0.05) is 11.6 Å². The molecule has 22 heavy (non-hydrogen) atoms. The maximum Gasteiger partial charge on any atom is 0.137 e. The van der Waals surface area contributed by atoms with Crippen molar-refractivity contribution in [1.29, 1.82) is 0 Å². The molecule has 0 amide bonds. The molecule has 1 saturated heterocycles. The summed E-state index contributed by atoms with van der Waals surface area (Å²) in [5.41, 5.74) is 0.845. The Hall–Kier alpha value is -2.05. The minimum absolute atomic E-state index is 0.551. The van der Waals surface area contributed by atoms with Gasteiger partial charge in [-0.15, -0.1) is 0 Å². The number of benzene rings is 1. The Morgan fingerprint density at radius 1 is 1.23 bits per heavy atom. The van der Waals surface area contributed by atoms with Gasteiger partial charge in [0.05, 0.1) is 25.3 Å². The molecule has 2 heterocycles. The Kier molecular flexibility index (Phi) is 4.60. The lowest BCUT2D eigenvalue weighted by molar-refractivity contribution is 0.122. The third kappa shape index (κ3) is 3.40. The van der Waals surface area contributed by atoms with Crippen molar-refractivity contribution >= 4 is 28.9 Å². The normalized spacial score (nSPS) is 14.7. The van der Waals surface area contributed by atoms with Crippen LogP contribution in [0, 0.1) is 0 Å². The molecule has 1 aromatic carbocycles. The van der Waals surface area contributed by atoms with E-state index in [0.717, 1.165) is 43.6 Å². The summed E-state index contributed by atoms with van der Waals surface area (Å²) in [6.07, 6.45) is 1.55. The maximum atomic E-state index is 6.13. The molecule has 0 aliphatic carbocycles. The highest BCUT2D eigenvalue weighted by molar-refractivity contribution is 6.32. The molecule has 0 bridgehead atoms. The van der Waals surface area contributed by atoms with E-state index in [0.29, 0.717) is 10.8 Å². The first kappa shape index (κ1) is 14.9. The zero-order valence-corrected chi connectivity index (χ0v) is 13.0. The first-order valence-corrected chi connectivity index (χ1v) is 7.39. The number of aromatic nitrogens is 2. The molecule has 0 unspecified atom stereocenters. The summed E-state index contributed by atoms with van der Waals surface area (Å²) in [5.74, 6) is 2.25. The van der Waals surface area contributed by atoms with Gasteiger partial charge in [0.1, 0.15) is 23.7 Å². The number of nitrogens with zero attached hydrogens (tertiary/aromatic N) is 3. The van der Waals surface area contributed by atoms with Crippen LogP contribution in [0.15, 0.2) is 30.6 Å². The highest BCUT2D eigenvalue weighted by Crippen LogP contribution is 2.28. The van der Waals surface area contributed by atoms with Gasteiger partial charge in [-0.3, -0.25) is 0 Å². The second-order valence-electron chi connectivity index (χ2n) is 4.84. The van der Waals surface area contributed by atoms with Crippen LogP contribution in [0.25, 0.3) is 0 Å². The van der Waals surface area contributed by atoms with E-state index in [9.17, 15) is 0 Å². The average Bonchev–Trinajstić information content (AvgIpc) is 2.56. The van der Waals surface area contributed by atoms with Crippen molar-refractivity contribution in [3.05, 3.63) is 35.6 Å². The van der Waals surface area contributed by atoms with Crippen LogP contribution in [0.3, 0.4) is 0 Å². The Labute approximate surface area is 134 Å². The number of hydrogen-bond acceptors (Lipinski definition) is 6. The van der Waals surface area contributed by atoms with Crippen LogP contribution in [0.5, 0.6) is 5.75 Å². The van der Waals surface area contributed by atoms with Gasteiger partial charge < -0.3 is 19.7 Å². The first-order chi connectivity index (χ1) is 10.8. The molecule has 1 N–H and O–H groups in total. The summed E-state index contributed by atoms with van der Waals surface area (Å²) in [6, 6.07) is 7.43.